The van der Waals surface area contributed by atoms with Gasteiger partial charge in [0.25, 0.3) is 5.22 Å². The number of likely N-dealkylation sites (tertiary alicyclic amines) is 2. The van der Waals surface area contributed by atoms with Crippen LogP contribution in [0.1, 0.15) is 38.5 Å². The Balaban J connectivity index is 1.25. The third kappa shape index (κ3) is 4.51. The number of hydrogen-bond donors (Lipinski definition) is 0. The molecule has 0 N–H and O–H groups in total. The third-order valence-corrected chi connectivity index (χ3v) is 6.52. The van der Waals surface area contributed by atoms with E-state index in [2.05, 4.69) is 9.88 Å². The van der Waals surface area contributed by atoms with Gasteiger partial charge in [-0.1, -0.05) is 36.7 Å². The highest BCUT2D eigenvalue weighted by Crippen LogP contribution is 2.25. The highest BCUT2D eigenvalue weighted by atomic mass is 32.2. The van der Waals surface area contributed by atoms with Crippen molar-refractivity contribution in [3.05, 3.63) is 24.3 Å². The van der Waals surface area contributed by atoms with E-state index in [9.17, 15) is 9.59 Å². The van der Waals surface area contributed by atoms with Gasteiger partial charge in [-0.3, -0.25) is 9.59 Å². The van der Waals surface area contributed by atoms with E-state index in [1.54, 1.807) is 0 Å². The third-order valence-electron chi connectivity index (χ3n) is 5.71. The van der Waals surface area contributed by atoms with Crippen LogP contribution in [0.3, 0.4) is 0 Å². The molecule has 1 aromatic carbocycles. The van der Waals surface area contributed by atoms with Gasteiger partial charge < -0.3 is 14.2 Å². The number of carbonyl (C=O) groups is 2. The number of fused-ring (bicyclic) bond motifs is 1. The van der Waals surface area contributed by atoms with E-state index < -0.39 is 0 Å². The largest absolute Gasteiger partial charge is 0.431 e. The molecular weight excluding hydrogens is 374 g/mol. The topological polar surface area (TPSA) is 66.7 Å². The zero-order valence-corrected chi connectivity index (χ0v) is 17.0. The molecule has 2 aliphatic heterocycles. The van der Waals surface area contributed by atoms with E-state index >= 15 is 0 Å². The molecule has 1 aromatic heterocycles. The number of thioether (sulfide) groups is 1. The van der Waals surface area contributed by atoms with Gasteiger partial charge >= 0.3 is 0 Å². The Morgan fingerprint density at radius 3 is 2.43 bits per heavy atom. The van der Waals surface area contributed by atoms with E-state index in [0.29, 0.717) is 30.0 Å². The number of amides is 2. The molecule has 2 saturated heterocycles. The summed E-state index contributed by atoms with van der Waals surface area (Å²) in [6.45, 7) is 3.13. The summed E-state index contributed by atoms with van der Waals surface area (Å²) in [7, 11) is 0. The summed E-state index contributed by atoms with van der Waals surface area (Å²) < 4.78 is 5.66. The Kier molecular flexibility index (Phi) is 6.20. The summed E-state index contributed by atoms with van der Waals surface area (Å²) in [5.41, 5.74) is 1.55. The molecule has 0 bridgehead atoms. The summed E-state index contributed by atoms with van der Waals surface area (Å²) in [4.78, 5) is 33.7. The minimum Gasteiger partial charge on any atom is -0.431 e. The summed E-state index contributed by atoms with van der Waals surface area (Å²) in [5.74, 6) is 0.784. The van der Waals surface area contributed by atoms with Crippen LogP contribution in [0.2, 0.25) is 0 Å². The minimum absolute atomic E-state index is 0.0758. The molecule has 6 nitrogen and oxygen atoms in total. The second-order valence-electron chi connectivity index (χ2n) is 7.63. The van der Waals surface area contributed by atoms with E-state index in [-0.39, 0.29) is 11.8 Å². The van der Waals surface area contributed by atoms with Crippen molar-refractivity contribution in [2.45, 2.75) is 43.7 Å². The quantitative estimate of drug-likeness (QED) is 0.733. The summed E-state index contributed by atoms with van der Waals surface area (Å²) in [6, 6.07) is 7.60. The van der Waals surface area contributed by atoms with E-state index in [0.717, 1.165) is 49.9 Å². The highest BCUT2D eigenvalue weighted by Gasteiger charge is 2.30. The molecule has 0 aliphatic carbocycles. The summed E-state index contributed by atoms with van der Waals surface area (Å²) in [6.07, 6.45) is 6.25. The van der Waals surface area contributed by atoms with Crippen LogP contribution in [-0.2, 0) is 9.59 Å². The van der Waals surface area contributed by atoms with Crippen molar-refractivity contribution < 1.29 is 14.0 Å². The van der Waals surface area contributed by atoms with Crippen LogP contribution in [0.4, 0.5) is 0 Å². The number of benzene rings is 1. The van der Waals surface area contributed by atoms with Gasteiger partial charge in [-0.2, -0.15) is 0 Å². The normalized spacial score (nSPS) is 19.0. The van der Waals surface area contributed by atoms with E-state index in [1.165, 1.54) is 24.6 Å². The predicted molar refractivity (Wildman–Crippen MR) is 109 cm³/mol. The number of aromatic nitrogens is 1. The molecule has 0 atom stereocenters. The van der Waals surface area contributed by atoms with Crippen LogP contribution < -0.4 is 0 Å². The Bertz CT molecular complexity index is 788. The molecule has 0 saturated carbocycles. The van der Waals surface area contributed by atoms with Crippen molar-refractivity contribution in [3.63, 3.8) is 0 Å². The van der Waals surface area contributed by atoms with Crippen LogP contribution >= 0.6 is 11.8 Å². The molecule has 2 aromatic rings. The van der Waals surface area contributed by atoms with Gasteiger partial charge in [0.2, 0.25) is 11.8 Å². The van der Waals surface area contributed by atoms with Crippen LogP contribution in [0, 0.1) is 5.92 Å². The minimum atomic E-state index is 0.0758. The molecule has 3 heterocycles. The number of para-hydroxylation sites is 2. The Labute approximate surface area is 169 Å². The molecule has 4 rings (SSSR count). The molecule has 2 fully saturated rings. The fourth-order valence-corrected chi connectivity index (χ4v) is 4.79. The second-order valence-corrected chi connectivity index (χ2v) is 8.56. The molecule has 2 aliphatic rings. The maximum atomic E-state index is 12.8. The molecule has 0 radical (unpaired) electrons. The highest BCUT2D eigenvalue weighted by molar-refractivity contribution is 7.99. The van der Waals surface area contributed by atoms with Crippen LogP contribution in [0.5, 0.6) is 0 Å². The average molecular weight is 402 g/mol. The molecule has 7 heteroatoms. The molecule has 2 amide bonds. The summed E-state index contributed by atoms with van der Waals surface area (Å²) in [5, 5.41) is 0.528. The lowest BCUT2D eigenvalue weighted by atomic mass is 9.95. The fourth-order valence-electron chi connectivity index (χ4n) is 4.05. The molecular formula is C21H27N3O3S. The maximum absolute atomic E-state index is 12.8. The van der Waals surface area contributed by atoms with Gasteiger partial charge in [0, 0.05) is 32.1 Å². The second kappa shape index (κ2) is 8.99. The first-order chi connectivity index (χ1) is 13.7. The molecule has 28 heavy (non-hydrogen) atoms. The van der Waals surface area contributed by atoms with Gasteiger partial charge in [-0.15, -0.1) is 0 Å². The van der Waals surface area contributed by atoms with Crippen LogP contribution in [-0.4, -0.2) is 58.5 Å². The SMILES string of the molecule is O=C(CSc1nc2ccccc2o1)N1CCC(C(=O)N2CCCCCC2)CC1. The zero-order valence-electron chi connectivity index (χ0n) is 16.1. The Morgan fingerprint density at radius 1 is 1.00 bits per heavy atom. The van der Waals surface area contributed by atoms with E-state index in [1.807, 2.05) is 29.2 Å². The zero-order chi connectivity index (χ0) is 19.3. The van der Waals surface area contributed by atoms with Crippen molar-refractivity contribution in [1.82, 2.24) is 14.8 Å². The smallest absolute Gasteiger partial charge is 0.257 e. The van der Waals surface area contributed by atoms with Crippen molar-refractivity contribution in [3.8, 4) is 0 Å². The number of hydrogen-bond acceptors (Lipinski definition) is 5. The standard InChI is InChI=1S/C21H27N3O3S/c25-19(15-28-21-22-17-7-3-4-8-18(17)27-21)23-13-9-16(10-14-23)20(26)24-11-5-1-2-6-12-24/h3-4,7-8,16H,1-2,5-6,9-15H2. The van der Waals surface area contributed by atoms with E-state index in [4.69, 9.17) is 4.42 Å². The van der Waals surface area contributed by atoms with Crippen molar-refractivity contribution >= 4 is 34.7 Å². The first kappa shape index (κ1) is 19.3. The molecule has 0 unspecified atom stereocenters. The van der Waals surface area contributed by atoms with Crippen molar-refractivity contribution in [1.29, 1.82) is 0 Å². The van der Waals surface area contributed by atoms with Crippen LogP contribution in [0.15, 0.2) is 33.9 Å². The number of piperidine rings is 1. The van der Waals surface area contributed by atoms with Crippen LogP contribution in [0.25, 0.3) is 11.1 Å². The number of rotatable bonds is 4. The van der Waals surface area contributed by atoms with Gasteiger partial charge in [0.15, 0.2) is 5.58 Å². The monoisotopic (exact) mass is 401 g/mol. The number of carbonyl (C=O) groups excluding carboxylic acids is 2. The lowest BCUT2D eigenvalue weighted by Gasteiger charge is -2.34. The summed E-state index contributed by atoms with van der Waals surface area (Å²) >= 11 is 1.34. The average Bonchev–Trinajstić information content (AvgIpc) is 2.95. The first-order valence-electron chi connectivity index (χ1n) is 10.3. The van der Waals surface area contributed by atoms with Gasteiger partial charge in [-0.25, -0.2) is 4.98 Å². The van der Waals surface area contributed by atoms with Gasteiger partial charge in [0.1, 0.15) is 5.52 Å². The van der Waals surface area contributed by atoms with Crippen molar-refractivity contribution in [2.24, 2.45) is 5.92 Å². The van der Waals surface area contributed by atoms with Gasteiger partial charge in [0.05, 0.1) is 5.75 Å². The molecule has 150 valence electrons. The van der Waals surface area contributed by atoms with Crippen molar-refractivity contribution in [2.75, 3.05) is 31.9 Å². The Hall–Kier alpha value is -2.02. The van der Waals surface area contributed by atoms with Gasteiger partial charge in [-0.05, 0) is 37.8 Å². The number of nitrogens with zero attached hydrogens (tertiary/aromatic N) is 3. The Morgan fingerprint density at radius 2 is 1.71 bits per heavy atom. The first-order valence-corrected chi connectivity index (χ1v) is 11.2. The maximum Gasteiger partial charge on any atom is 0.257 e. The lowest BCUT2D eigenvalue weighted by Crippen LogP contribution is -2.45. The number of oxazole rings is 1. The fraction of sp³-hybridized carbons (Fsp3) is 0.571. The predicted octanol–water partition coefficient (Wildman–Crippen LogP) is 3.56. The lowest BCUT2D eigenvalue weighted by molar-refractivity contribution is -0.139. The molecule has 0 spiro atoms.